The third-order valence-corrected chi connectivity index (χ3v) is 4.65. The zero-order valence-corrected chi connectivity index (χ0v) is 16.5. The van der Waals surface area contributed by atoms with E-state index in [0.29, 0.717) is 22.5 Å². The van der Waals surface area contributed by atoms with Gasteiger partial charge in [-0.1, -0.05) is 30.3 Å². The summed E-state index contributed by atoms with van der Waals surface area (Å²) in [5.74, 6) is -1.66. The van der Waals surface area contributed by atoms with Gasteiger partial charge in [-0.25, -0.2) is 9.59 Å². The summed E-state index contributed by atoms with van der Waals surface area (Å²) in [6.45, 7) is 4.79. The monoisotopic (exact) mass is 395 g/mol. The summed E-state index contributed by atoms with van der Waals surface area (Å²) >= 11 is 0. The fourth-order valence-electron chi connectivity index (χ4n) is 3.15. The number of rotatable bonds is 6. The summed E-state index contributed by atoms with van der Waals surface area (Å²) in [6, 6.07) is 9.21. The van der Waals surface area contributed by atoms with E-state index in [2.05, 4.69) is 15.2 Å². The van der Waals surface area contributed by atoms with E-state index in [1.54, 1.807) is 13.8 Å². The molecule has 0 aliphatic carbocycles. The normalized spacial score (nSPS) is 11.7. The molecule has 0 saturated heterocycles. The zero-order valence-electron chi connectivity index (χ0n) is 16.5. The Morgan fingerprint density at radius 3 is 2.41 bits per heavy atom. The lowest BCUT2D eigenvalue weighted by Crippen LogP contribution is -2.25. The number of hydrogen-bond acceptors (Lipinski definition) is 6. The van der Waals surface area contributed by atoms with Crippen LogP contribution >= 0.6 is 0 Å². The van der Waals surface area contributed by atoms with Gasteiger partial charge in [0.15, 0.2) is 6.10 Å². The van der Waals surface area contributed by atoms with Gasteiger partial charge in [-0.2, -0.15) is 5.10 Å². The van der Waals surface area contributed by atoms with Gasteiger partial charge in [0.25, 0.3) is 0 Å². The first-order chi connectivity index (χ1) is 13.8. The smallest absolute Gasteiger partial charge is 0.342 e. The highest BCUT2D eigenvalue weighted by Crippen LogP contribution is 2.23. The van der Waals surface area contributed by atoms with E-state index in [1.165, 1.54) is 20.2 Å². The number of methoxy groups -OCH3 is 1. The first kappa shape index (κ1) is 20.1. The molecule has 1 aromatic carbocycles. The molecule has 0 fully saturated rings. The van der Waals surface area contributed by atoms with Crippen LogP contribution in [0.25, 0.3) is 11.3 Å². The zero-order chi connectivity index (χ0) is 21.1. The lowest BCUT2D eigenvalue weighted by atomic mass is 10.1. The molecule has 0 bridgehead atoms. The lowest BCUT2D eigenvalue weighted by molar-refractivity contribution is 0.0317. The van der Waals surface area contributed by atoms with Gasteiger partial charge in [-0.15, -0.1) is 0 Å². The van der Waals surface area contributed by atoms with Crippen molar-refractivity contribution >= 4 is 17.7 Å². The second-order valence-corrected chi connectivity index (χ2v) is 6.55. The van der Waals surface area contributed by atoms with E-state index in [1.807, 2.05) is 30.3 Å². The number of aromatic nitrogens is 3. The molecular formula is C21H21N3O5. The predicted octanol–water partition coefficient (Wildman–Crippen LogP) is 3.24. The van der Waals surface area contributed by atoms with Crippen LogP contribution in [-0.4, -0.2) is 46.1 Å². The number of carbonyl (C=O) groups is 3. The molecule has 2 heterocycles. The number of hydrogen-bond donors (Lipinski definition) is 2. The van der Waals surface area contributed by atoms with Gasteiger partial charge in [0, 0.05) is 11.3 Å². The molecule has 3 aromatic rings. The first-order valence-corrected chi connectivity index (χ1v) is 8.96. The summed E-state index contributed by atoms with van der Waals surface area (Å²) in [5, 5.41) is 6.70. The van der Waals surface area contributed by atoms with Crippen LogP contribution in [-0.2, 0) is 9.47 Å². The molecule has 0 radical (unpaired) electrons. The van der Waals surface area contributed by atoms with Crippen LogP contribution in [0.3, 0.4) is 0 Å². The van der Waals surface area contributed by atoms with Crippen LogP contribution in [0.1, 0.15) is 49.4 Å². The molecule has 150 valence electrons. The molecular weight excluding hydrogens is 374 g/mol. The average Bonchev–Trinajstić information content (AvgIpc) is 3.32. The minimum atomic E-state index is -1.07. The number of nitrogens with one attached hydrogen (secondary N) is 2. The van der Waals surface area contributed by atoms with E-state index < -0.39 is 23.8 Å². The van der Waals surface area contributed by atoms with Crippen LogP contribution < -0.4 is 0 Å². The molecule has 0 unspecified atom stereocenters. The Hall–Kier alpha value is -3.68. The second-order valence-electron chi connectivity index (χ2n) is 6.55. The molecule has 0 saturated carbocycles. The molecule has 0 amide bonds. The number of ketones is 1. The number of aryl methyl sites for hydroxylation is 1. The quantitative estimate of drug-likeness (QED) is 0.489. The largest absolute Gasteiger partial charge is 0.465 e. The van der Waals surface area contributed by atoms with E-state index in [4.69, 9.17) is 9.47 Å². The standard InChI is InChI=1S/C21H21N3O5/c1-11-16(21(27)28-4)12(2)23-17(11)19(25)13(3)29-20(26)15-10-22-24-18(15)14-8-6-5-7-9-14/h5-10,13,23H,1-4H3,(H,22,24)/t13-/m0/s1. The van der Waals surface area contributed by atoms with Crippen molar-refractivity contribution in [3.05, 3.63) is 64.6 Å². The van der Waals surface area contributed by atoms with Crippen molar-refractivity contribution in [3.63, 3.8) is 0 Å². The Morgan fingerprint density at radius 1 is 1.07 bits per heavy atom. The molecule has 3 rings (SSSR count). The van der Waals surface area contributed by atoms with Crippen molar-refractivity contribution in [2.75, 3.05) is 7.11 Å². The highest BCUT2D eigenvalue weighted by atomic mass is 16.5. The van der Waals surface area contributed by atoms with Crippen molar-refractivity contribution < 1.29 is 23.9 Å². The number of benzene rings is 1. The number of esters is 2. The Morgan fingerprint density at radius 2 is 1.76 bits per heavy atom. The Labute approximate surface area is 167 Å². The van der Waals surface area contributed by atoms with Crippen molar-refractivity contribution in [1.82, 2.24) is 15.2 Å². The van der Waals surface area contributed by atoms with Crippen molar-refractivity contribution in [1.29, 1.82) is 0 Å². The maximum atomic E-state index is 12.8. The van der Waals surface area contributed by atoms with Crippen LogP contribution in [0.2, 0.25) is 0 Å². The third kappa shape index (κ3) is 3.82. The van der Waals surface area contributed by atoms with Gasteiger partial charge in [0.1, 0.15) is 5.56 Å². The summed E-state index contributed by atoms with van der Waals surface area (Å²) in [6.07, 6.45) is 0.296. The topological polar surface area (TPSA) is 114 Å². The van der Waals surface area contributed by atoms with Gasteiger partial charge in [-0.05, 0) is 26.3 Å². The SMILES string of the molecule is COC(=O)c1c(C)[nH]c(C(=O)[C@H](C)OC(=O)c2cn[nH]c2-c2ccccc2)c1C. The van der Waals surface area contributed by atoms with E-state index in [-0.39, 0.29) is 11.3 Å². The highest BCUT2D eigenvalue weighted by Gasteiger charge is 2.28. The fourth-order valence-corrected chi connectivity index (χ4v) is 3.15. The molecule has 0 aliphatic rings. The lowest BCUT2D eigenvalue weighted by Gasteiger charge is -2.12. The molecule has 8 heteroatoms. The number of nitrogens with zero attached hydrogens (tertiary/aromatic N) is 1. The summed E-state index contributed by atoms with van der Waals surface area (Å²) in [5.41, 5.74) is 2.98. The molecule has 1 atom stereocenters. The van der Waals surface area contributed by atoms with Gasteiger partial charge < -0.3 is 14.5 Å². The fraction of sp³-hybridized carbons (Fsp3) is 0.238. The van der Waals surface area contributed by atoms with Gasteiger partial charge in [0.05, 0.1) is 30.3 Å². The molecule has 2 aromatic heterocycles. The van der Waals surface area contributed by atoms with Gasteiger partial charge >= 0.3 is 11.9 Å². The van der Waals surface area contributed by atoms with Crippen LogP contribution in [0.4, 0.5) is 0 Å². The van der Waals surface area contributed by atoms with Crippen LogP contribution in [0, 0.1) is 13.8 Å². The average molecular weight is 395 g/mol. The Balaban J connectivity index is 1.81. The Kier molecular flexibility index (Phi) is 5.63. The maximum Gasteiger partial charge on any atom is 0.342 e. The van der Waals surface area contributed by atoms with Crippen molar-refractivity contribution in [2.24, 2.45) is 0 Å². The molecule has 8 nitrogen and oxygen atoms in total. The molecule has 29 heavy (non-hydrogen) atoms. The number of H-pyrrole nitrogens is 2. The van der Waals surface area contributed by atoms with E-state index >= 15 is 0 Å². The second kappa shape index (κ2) is 8.14. The molecule has 0 spiro atoms. The number of aromatic amines is 2. The van der Waals surface area contributed by atoms with Gasteiger partial charge in [0.2, 0.25) is 5.78 Å². The van der Waals surface area contributed by atoms with Gasteiger partial charge in [-0.3, -0.25) is 9.89 Å². The number of carbonyl (C=O) groups excluding carboxylic acids is 3. The summed E-state index contributed by atoms with van der Waals surface area (Å²) in [4.78, 5) is 40.3. The highest BCUT2D eigenvalue weighted by molar-refractivity contribution is 6.05. The summed E-state index contributed by atoms with van der Waals surface area (Å²) < 4.78 is 10.1. The van der Waals surface area contributed by atoms with Crippen LogP contribution in [0.5, 0.6) is 0 Å². The number of Topliss-reactive ketones (excluding diaryl/α,β-unsaturated/α-hetero) is 1. The Bertz CT molecular complexity index is 1070. The van der Waals surface area contributed by atoms with Crippen LogP contribution in [0.15, 0.2) is 36.5 Å². The summed E-state index contributed by atoms with van der Waals surface area (Å²) in [7, 11) is 1.27. The van der Waals surface area contributed by atoms with Crippen molar-refractivity contribution in [3.8, 4) is 11.3 Å². The van der Waals surface area contributed by atoms with E-state index in [0.717, 1.165) is 5.56 Å². The third-order valence-electron chi connectivity index (χ3n) is 4.65. The van der Waals surface area contributed by atoms with E-state index in [9.17, 15) is 14.4 Å². The van der Waals surface area contributed by atoms with Crippen molar-refractivity contribution in [2.45, 2.75) is 26.9 Å². The first-order valence-electron chi connectivity index (χ1n) is 8.96. The number of ether oxygens (including phenoxy) is 2. The minimum absolute atomic E-state index is 0.207. The molecule has 0 aliphatic heterocycles. The molecule has 2 N–H and O–H groups in total. The predicted molar refractivity (Wildman–Crippen MR) is 105 cm³/mol. The maximum absolute atomic E-state index is 12.8. The minimum Gasteiger partial charge on any atom is -0.465 e.